The molecule has 0 spiro atoms. The van der Waals surface area contributed by atoms with Gasteiger partial charge in [-0.2, -0.15) is 5.10 Å². The Morgan fingerprint density at radius 2 is 1.91 bits per heavy atom. The molecule has 2 aromatic carbocycles. The summed E-state index contributed by atoms with van der Waals surface area (Å²) in [6.07, 6.45) is 3.42. The number of amides is 1. The molecule has 116 valence electrons. The summed E-state index contributed by atoms with van der Waals surface area (Å²) in [6, 6.07) is 15.1. The third-order valence-corrected chi connectivity index (χ3v) is 3.86. The first-order valence-electron chi connectivity index (χ1n) is 7.26. The zero-order chi connectivity index (χ0) is 16.2. The maximum atomic E-state index is 12.2. The van der Waals surface area contributed by atoms with Crippen LogP contribution in [0.15, 0.2) is 60.9 Å². The van der Waals surface area contributed by atoms with Crippen molar-refractivity contribution in [2.24, 2.45) is 0 Å². The molecule has 0 radical (unpaired) electrons. The number of carbonyl (C=O) groups excluding carboxylic acids is 1. The molecule has 1 N–H and O–H groups in total. The van der Waals surface area contributed by atoms with Crippen LogP contribution in [0.5, 0.6) is 0 Å². The van der Waals surface area contributed by atoms with Crippen molar-refractivity contribution >= 4 is 23.2 Å². The second-order valence-corrected chi connectivity index (χ2v) is 5.75. The predicted octanol–water partition coefficient (Wildman–Crippen LogP) is 4.15. The van der Waals surface area contributed by atoms with Gasteiger partial charge in [0, 0.05) is 16.8 Å². The highest BCUT2D eigenvalue weighted by Crippen LogP contribution is 2.17. The fourth-order valence-electron chi connectivity index (χ4n) is 2.22. The van der Waals surface area contributed by atoms with Crippen molar-refractivity contribution in [2.45, 2.75) is 13.5 Å². The Labute approximate surface area is 139 Å². The first kappa shape index (κ1) is 15.3. The largest absolute Gasteiger partial charge is 0.319 e. The molecule has 0 fully saturated rings. The highest BCUT2D eigenvalue weighted by Gasteiger charge is 2.08. The number of hydrogen-bond donors (Lipinski definition) is 1. The van der Waals surface area contributed by atoms with E-state index in [4.69, 9.17) is 11.6 Å². The second kappa shape index (κ2) is 6.67. The summed E-state index contributed by atoms with van der Waals surface area (Å²) >= 11 is 6.15. The number of nitrogens with zero attached hydrogens (tertiary/aromatic N) is 2. The minimum absolute atomic E-state index is 0.151. The third kappa shape index (κ3) is 3.79. The molecule has 4 nitrogen and oxygen atoms in total. The Hall–Kier alpha value is -2.59. The quantitative estimate of drug-likeness (QED) is 0.783. The summed E-state index contributed by atoms with van der Waals surface area (Å²) in [5.41, 5.74) is 3.37. The van der Waals surface area contributed by atoms with E-state index < -0.39 is 0 Å². The molecule has 0 aliphatic rings. The van der Waals surface area contributed by atoms with Crippen LogP contribution in [0.2, 0.25) is 5.02 Å². The zero-order valence-electron chi connectivity index (χ0n) is 12.7. The number of halogens is 1. The van der Waals surface area contributed by atoms with Crippen molar-refractivity contribution in [3.8, 4) is 0 Å². The smallest absolute Gasteiger partial charge is 0.255 e. The Bertz CT molecular complexity index is 824. The molecule has 0 saturated heterocycles. The highest BCUT2D eigenvalue weighted by molar-refractivity contribution is 6.31. The van der Waals surface area contributed by atoms with Gasteiger partial charge in [0.25, 0.3) is 5.91 Å². The molecule has 1 heterocycles. The van der Waals surface area contributed by atoms with Crippen LogP contribution >= 0.6 is 11.6 Å². The van der Waals surface area contributed by atoms with Gasteiger partial charge in [-0.15, -0.1) is 0 Å². The van der Waals surface area contributed by atoms with Gasteiger partial charge >= 0.3 is 0 Å². The fraction of sp³-hybridized carbons (Fsp3) is 0.111. The number of aryl methyl sites for hydroxylation is 1. The molecule has 5 heteroatoms. The third-order valence-electron chi connectivity index (χ3n) is 3.50. The second-order valence-electron chi connectivity index (χ2n) is 5.34. The van der Waals surface area contributed by atoms with E-state index >= 15 is 0 Å². The summed E-state index contributed by atoms with van der Waals surface area (Å²) in [5, 5.41) is 7.80. The van der Waals surface area contributed by atoms with E-state index in [1.54, 1.807) is 29.2 Å². The Balaban J connectivity index is 1.68. The average Bonchev–Trinajstić information content (AvgIpc) is 2.97. The molecule has 23 heavy (non-hydrogen) atoms. The summed E-state index contributed by atoms with van der Waals surface area (Å²) in [7, 11) is 0. The minimum Gasteiger partial charge on any atom is -0.319 e. The molecule has 3 aromatic rings. The van der Waals surface area contributed by atoms with Gasteiger partial charge in [0.2, 0.25) is 0 Å². The lowest BCUT2D eigenvalue weighted by Crippen LogP contribution is -2.11. The molecule has 0 atom stereocenters. The minimum atomic E-state index is -0.151. The van der Waals surface area contributed by atoms with Crippen molar-refractivity contribution in [1.82, 2.24) is 9.78 Å². The molecule has 0 aliphatic heterocycles. The van der Waals surface area contributed by atoms with Gasteiger partial charge in [0.15, 0.2) is 0 Å². The summed E-state index contributed by atoms with van der Waals surface area (Å²) < 4.78 is 1.74. The molecule has 3 rings (SSSR count). The standard InChI is InChI=1S/C18H16ClN3O/c1-13-6-8-14(9-7-13)18(23)21-16-10-20-22(12-16)11-15-4-2-3-5-17(15)19/h2-10,12H,11H2,1H3,(H,21,23). The van der Waals surface area contributed by atoms with E-state index in [1.807, 2.05) is 43.3 Å². The molecule has 1 amide bonds. The molecule has 0 unspecified atom stereocenters. The van der Waals surface area contributed by atoms with E-state index in [2.05, 4.69) is 10.4 Å². The van der Waals surface area contributed by atoms with E-state index in [0.717, 1.165) is 11.1 Å². The molecule has 1 aromatic heterocycles. The van der Waals surface area contributed by atoms with Gasteiger partial charge in [0.1, 0.15) is 0 Å². The van der Waals surface area contributed by atoms with Crippen molar-refractivity contribution in [3.05, 3.63) is 82.6 Å². The van der Waals surface area contributed by atoms with Gasteiger partial charge in [0.05, 0.1) is 18.4 Å². The van der Waals surface area contributed by atoms with Crippen LogP contribution in [0.3, 0.4) is 0 Å². The number of aromatic nitrogens is 2. The van der Waals surface area contributed by atoms with E-state index in [-0.39, 0.29) is 5.91 Å². The van der Waals surface area contributed by atoms with Crippen LogP contribution in [0.25, 0.3) is 0 Å². The van der Waals surface area contributed by atoms with Gasteiger partial charge in [-0.3, -0.25) is 9.48 Å². The molecular formula is C18H16ClN3O. The van der Waals surface area contributed by atoms with Gasteiger partial charge < -0.3 is 5.32 Å². The van der Waals surface area contributed by atoms with Crippen molar-refractivity contribution < 1.29 is 4.79 Å². The SMILES string of the molecule is Cc1ccc(C(=O)Nc2cnn(Cc3ccccc3Cl)c2)cc1. The normalized spacial score (nSPS) is 10.5. The lowest BCUT2D eigenvalue weighted by Gasteiger charge is -2.04. The number of rotatable bonds is 4. The maximum absolute atomic E-state index is 12.2. The summed E-state index contributed by atoms with van der Waals surface area (Å²) in [6.45, 7) is 2.54. The monoisotopic (exact) mass is 325 g/mol. The molecule has 0 bridgehead atoms. The average molecular weight is 326 g/mol. The lowest BCUT2D eigenvalue weighted by atomic mass is 10.1. The van der Waals surface area contributed by atoms with E-state index in [1.165, 1.54) is 0 Å². The van der Waals surface area contributed by atoms with Crippen LogP contribution < -0.4 is 5.32 Å². The Kier molecular flexibility index (Phi) is 4.44. The van der Waals surface area contributed by atoms with Gasteiger partial charge in [-0.1, -0.05) is 47.5 Å². The fourth-order valence-corrected chi connectivity index (χ4v) is 2.42. The zero-order valence-corrected chi connectivity index (χ0v) is 13.4. The first-order chi connectivity index (χ1) is 11.1. The molecule has 0 saturated carbocycles. The highest BCUT2D eigenvalue weighted by atomic mass is 35.5. The van der Waals surface area contributed by atoms with Crippen LogP contribution in [-0.4, -0.2) is 15.7 Å². The van der Waals surface area contributed by atoms with Crippen molar-refractivity contribution in [3.63, 3.8) is 0 Å². The number of hydrogen-bond acceptors (Lipinski definition) is 2. The lowest BCUT2D eigenvalue weighted by molar-refractivity contribution is 0.102. The van der Waals surface area contributed by atoms with Crippen LogP contribution in [-0.2, 0) is 6.54 Å². The first-order valence-corrected chi connectivity index (χ1v) is 7.63. The number of benzene rings is 2. The number of carbonyl (C=O) groups is 1. The predicted molar refractivity (Wildman–Crippen MR) is 91.9 cm³/mol. The maximum Gasteiger partial charge on any atom is 0.255 e. The van der Waals surface area contributed by atoms with E-state index in [0.29, 0.717) is 22.8 Å². The Morgan fingerprint density at radius 3 is 2.65 bits per heavy atom. The van der Waals surface area contributed by atoms with Crippen LogP contribution in [0, 0.1) is 6.92 Å². The molecular weight excluding hydrogens is 310 g/mol. The van der Waals surface area contributed by atoms with Crippen LogP contribution in [0.4, 0.5) is 5.69 Å². The Morgan fingerprint density at radius 1 is 1.17 bits per heavy atom. The van der Waals surface area contributed by atoms with Crippen molar-refractivity contribution in [2.75, 3.05) is 5.32 Å². The number of nitrogens with one attached hydrogen (secondary N) is 1. The summed E-state index contributed by atoms with van der Waals surface area (Å²) in [5.74, 6) is -0.151. The number of anilines is 1. The van der Waals surface area contributed by atoms with Crippen LogP contribution in [0.1, 0.15) is 21.5 Å². The van der Waals surface area contributed by atoms with Gasteiger partial charge in [-0.05, 0) is 30.7 Å². The summed E-state index contributed by atoms with van der Waals surface area (Å²) in [4.78, 5) is 12.2. The topological polar surface area (TPSA) is 46.9 Å². The van der Waals surface area contributed by atoms with Gasteiger partial charge in [-0.25, -0.2) is 0 Å². The van der Waals surface area contributed by atoms with Crippen molar-refractivity contribution in [1.29, 1.82) is 0 Å². The van der Waals surface area contributed by atoms with E-state index in [9.17, 15) is 4.79 Å². The molecule has 0 aliphatic carbocycles.